The van der Waals surface area contributed by atoms with Crippen LogP contribution in [0.15, 0.2) is 42.7 Å². The number of carbonyl (C=O) groups excluding carboxylic acids is 1. The maximum Gasteiger partial charge on any atom is 0.230 e. The predicted molar refractivity (Wildman–Crippen MR) is 124 cm³/mol. The number of hydrogen-bond acceptors (Lipinski definition) is 7. The Bertz CT molecular complexity index is 1230. The van der Waals surface area contributed by atoms with Gasteiger partial charge < -0.3 is 15.0 Å². The molecular weight excluding hydrogens is 449 g/mol. The fourth-order valence-electron chi connectivity index (χ4n) is 4.87. The van der Waals surface area contributed by atoms with E-state index in [9.17, 15) is 9.18 Å². The van der Waals surface area contributed by atoms with E-state index in [0.717, 1.165) is 35.2 Å². The van der Waals surface area contributed by atoms with E-state index in [4.69, 9.17) is 10.00 Å². The van der Waals surface area contributed by atoms with Crippen molar-refractivity contribution in [3.05, 3.63) is 70.8 Å². The zero-order chi connectivity index (χ0) is 24.2. The summed E-state index contributed by atoms with van der Waals surface area (Å²) >= 11 is 0. The van der Waals surface area contributed by atoms with Gasteiger partial charge in [-0.25, -0.2) is 9.07 Å². The van der Waals surface area contributed by atoms with Gasteiger partial charge in [0, 0.05) is 32.8 Å². The molecule has 1 aliphatic carbocycles. The number of halogens is 1. The van der Waals surface area contributed by atoms with Gasteiger partial charge in [-0.3, -0.25) is 4.79 Å². The van der Waals surface area contributed by atoms with E-state index in [2.05, 4.69) is 26.9 Å². The van der Waals surface area contributed by atoms with Crippen molar-refractivity contribution in [1.29, 1.82) is 5.26 Å². The Labute approximate surface area is 202 Å². The summed E-state index contributed by atoms with van der Waals surface area (Å²) in [6.07, 6.45) is 3.62. The number of fused-ring (bicyclic) bond motifs is 1. The molecule has 3 aromatic rings. The van der Waals surface area contributed by atoms with Gasteiger partial charge in [-0.05, 0) is 70.6 Å². The smallest absolute Gasteiger partial charge is 0.230 e. The number of amides is 1. The first-order valence-electron chi connectivity index (χ1n) is 11.8. The molecule has 1 unspecified atom stereocenters. The highest BCUT2D eigenvalue weighted by molar-refractivity contribution is 5.85. The van der Waals surface area contributed by atoms with E-state index in [1.807, 2.05) is 23.1 Å². The molecule has 2 atom stereocenters. The normalized spacial score (nSPS) is 20.7. The standard InChI is InChI=1S/C25H26FN7O2/c26-23-7-3-18(12-19(23)14-27)24-15-28-8-10-32(9-1-11-35-24)25(34)22-5-2-17-13-20(4-6-21(17)22)33-16-29-30-31-33/h3-4,6-7,12-13,16,22,24,28H,1-2,5,8-11,15H2/t22?,24-/m0/s1. The molecule has 0 radical (unpaired) electrons. The lowest BCUT2D eigenvalue weighted by atomic mass is 9.99. The van der Waals surface area contributed by atoms with Crippen LogP contribution in [-0.4, -0.2) is 63.8 Å². The summed E-state index contributed by atoms with van der Waals surface area (Å²) in [6.45, 7) is 2.81. The van der Waals surface area contributed by atoms with Crippen LogP contribution in [0.1, 0.15) is 47.1 Å². The molecule has 1 aliphatic heterocycles. The number of tetrazole rings is 1. The van der Waals surface area contributed by atoms with Crippen molar-refractivity contribution < 1.29 is 13.9 Å². The highest BCUT2D eigenvalue weighted by Gasteiger charge is 2.32. The molecule has 2 aliphatic rings. The zero-order valence-corrected chi connectivity index (χ0v) is 19.2. The molecule has 0 bridgehead atoms. The molecule has 1 fully saturated rings. The fourth-order valence-corrected chi connectivity index (χ4v) is 4.87. The van der Waals surface area contributed by atoms with Gasteiger partial charge in [0.1, 0.15) is 18.2 Å². The quantitative estimate of drug-likeness (QED) is 0.619. The second kappa shape index (κ2) is 10.3. The van der Waals surface area contributed by atoms with Gasteiger partial charge in [0.2, 0.25) is 5.91 Å². The second-order valence-corrected chi connectivity index (χ2v) is 8.82. The van der Waals surface area contributed by atoms with Crippen LogP contribution >= 0.6 is 0 Å². The van der Waals surface area contributed by atoms with E-state index < -0.39 is 5.82 Å². The number of nitrogens with one attached hydrogen (secondary N) is 1. The van der Waals surface area contributed by atoms with Crippen LogP contribution in [0.5, 0.6) is 0 Å². The highest BCUT2D eigenvalue weighted by Crippen LogP contribution is 2.35. The van der Waals surface area contributed by atoms with Crippen molar-refractivity contribution in [3.63, 3.8) is 0 Å². The van der Waals surface area contributed by atoms with Crippen LogP contribution in [0.3, 0.4) is 0 Å². The number of hydrogen-bond donors (Lipinski definition) is 1. The molecule has 1 aromatic heterocycles. The summed E-state index contributed by atoms with van der Waals surface area (Å²) in [6, 6.07) is 12.4. The highest BCUT2D eigenvalue weighted by atomic mass is 19.1. The maximum absolute atomic E-state index is 13.7. The number of aromatic nitrogens is 4. The minimum absolute atomic E-state index is 0.0156. The van der Waals surface area contributed by atoms with Crippen molar-refractivity contribution in [1.82, 2.24) is 30.4 Å². The van der Waals surface area contributed by atoms with Crippen LogP contribution in [-0.2, 0) is 16.0 Å². The topological polar surface area (TPSA) is 109 Å². The third kappa shape index (κ3) is 4.92. The Balaban J connectivity index is 1.22. The molecule has 35 heavy (non-hydrogen) atoms. The lowest BCUT2D eigenvalue weighted by Crippen LogP contribution is -2.42. The molecule has 2 heterocycles. The first-order valence-corrected chi connectivity index (χ1v) is 11.8. The van der Waals surface area contributed by atoms with Gasteiger partial charge in [-0.2, -0.15) is 5.26 Å². The van der Waals surface area contributed by atoms with Crippen molar-refractivity contribution in [2.75, 3.05) is 32.8 Å². The molecule has 1 amide bonds. The lowest BCUT2D eigenvalue weighted by molar-refractivity contribution is -0.133. The summed E-state index contributed by atoms with van der Waals surface area (Å²) < 4.78 is 21.4. The fraction of sp³-hybridized carbons (Fsp3) is 0.400. The molecule has 5 rings (SSSR count). The average Bonchev–Trinajstić information content (AvgIpc) is 3.57. The molecule has 10 heteroatoms. The van der Waals surface area contributed by atoms with Gasteiger partial charge in [-0.15, -0.1) is 5.10 Å². The Morgan fingerprint density at radius 3 is 2.97 bits per heavy atom. The van der Waals surface area contributed by atoms with E-state index in [1.165, 1.54) is 6.07 Å². The van der Waals surface area contributed by atoms with E-state index in [-0.39, 0.29) is 23.5 Å². The number of ether oxygens (including phenoxy) is 1. The number of rotatable bonds is 3. The van der Waals surface area contributed by atoms with Crippen molar-refractivity contribution in [2.45, 2.75) is 31.3 Å². The van der Waals surface area contributed by atoms with Crippen molar-refractivity contribution in [2.24, 2.45) is 0 Å². The summed E-state index contributed by atoms with van der Waals surface area (Å²) in [4.78, 5) is 15.4. The zero-order valence-electron chi connectivity index (χ0n) is 19.2. The summed E-state index contributed by atoms with van der Waals surface area (Å²) in [5.41, 5.74) is 3.92. The van der Waals surface area contributed by atoms with Crippen LogP contribution in [0.25, 0.3) is 5.69 Å². The van der Waals surface area contributed by atoms with Crippen LogP contribution in [0.2, 0.25) is 0 Å². The van der Waals surface area contributed by atoms with Crippen molar-refractivity contribution >= 4 is 5.91 Å². The number of benzene rings is 2. The monoisotopic (exact) mass is 475 g/mol. The molecule has 0 saturated carbocycles. The summed E-state index contributed by atoms with van der Waals surface area (Å²) in [7, 11) is 0. The molecular formula is C25H26FN7O2. The van der Waals surface area contributed by atoms with Crippen LogP contribution < -0.4 is 5.32 Å². The molecule has 2 aromatic carbocycles. The van der Waals surface area contributed by atoms with Gasteiger partial charge in [0.15, 0.2) is 0 Å². The van der Waals surface area contributed by atoms with E-state index in [0.29, 0.717) is 39.2 Å². The average molecular weight is 476 g/mol. The van der Waals surface area contributed by atoms with E-state index in [1.54, 1.807) is 23.1 Å². The molecule has 180 valence electrons. The Morgan fingerprint density at radius 1 is 1.23 bits per heavy atom. The van der Waals surface area contributed by atoms with Gasteiger partial charge in [0.25, 0.3) is 0 Å². The number of nitrogens with zero attached hydrogens (tertiary/aromatic N) is 6. The number of carbonyl (C=O) groups is 1. The van der Waals surface area contributed by atoms with Crippen LogP contribution in [0.4, 0.5) is 4.39 Å². The lowest BCUT2D eigenvalue weighted by Gasteiger charge is -2.29. The first kappa shape index (κ1) is 23.1. The third-order valence-corrected chi connectivity index (χ3v) is 6.69. The van der Waals surface area contributed by atoms with Gasteiger partial charge >= 0.3 is 0 Å². The van der Waals surface area contributed by atoms with Gasteiger partial charge in [0.05, 0.1) is 23.3 Å². The SMILES string of the molecule is N#Cc1cc([C@@H]2CNCCN(C(=O)C3CCc4cc(-n5cnnn5)ccc43)CCCO2)ccc1F. The van der Waals surface area contributed by atoms with E-state index >= 15 is 0 Å². The largest absolute Gasteiger partial charge is 0.372 e. The van der Waals surface area contributed by atoms with Gasteiger partial charge in [-0.1, -0.05) is 12.1 Å². The Kier molecular flexibility index (Phi) is 6.79. The first-order chi connectivity index (χ1) is 17.1. The Hall–Kier alpha value is -3.68. The predicted octanol–water partition coefficient (Wildman–Crippen LogP) is 2.28. The molecule has 1 saturated heterocycles. The third-order valence-electron chi connectivity index (χ3n) is 6.69. The number of aryl methyl sites for hydroxylation is 1. The Morgan fingerprint density at radius 2 is 2.14 bits per heavy atom. The molecule has 1 N–H and O–H groups in total. The van der Waals surface area contributed by atoms with Crippen LogP contribution in [0, 0.1) is 17.1 Å². The number of nitriles is 1. The molecule has 9 nitrogen and oxygen atoms in total. The minimum atomic E-state index is -0.529. The minimum Gasteiger partial charge on any atom is -0.372 e. The summed E-state index contributed by atoms with van der Waals surface area (Å²) in [5, 5.41) is 23.8. The summed E-state index contributed by atoms with van der Waals surface area (Å²) in [5.74, 6) is -0.526. The maximum atomic E-state index is 13.7. The second-order valence-electron chi connectivity index (χ2n) is 8.82. The molecule has 0 spiro atoms. The van der Waals surface area contributed by atoms with Crippen molar-refractivity contribution in [3.8, 4) is 11.8 Å².